The number of fused-ring (bicyclic) bond motifs is 1. The first kappa shape index (κ1) is 15.2. The van der Waals surface area contributed by atoms with Crippen LogP contribution in [0.5, 0.6) is 5.75 Å². The van der Waals surface area contributed by atoms with Crippen LogP contribution in [0.25, 0.3) is 16.9 Å². The zero-order valence-electron chi connectivity index (χ0n) is 13.9. The Morgan fingerprint density at radius 1 is 0.960 bits per heavy atom. The highest BCUT2D eigenvalue weighted by Crippen LogP contribution is 2.23. The Morgan fingerprint density at radius 3 is 2.52 bits per heavy atom. The summed E-state index contributed by atoms with van der Waals surface area (Å²) in [4.78, 5) is 4.44. The van der Waals surface area contributed by atoms with Crippen LogP contribution in [-0.2, 0) is 6.54 Å². The molecule has 1 N–H and O–H groups in total. The molecule has 0 aliphatic rings. The van der Waals surface area contributed by atoms with Crippen LogP contribution in [-0.4, -0.2) is 21.7 Å². The number of rotatable bonds is 5. The van der Waals surface area contributed by atoms with Gasteiger partial charge in [-0.1, -0.05) is 30.3 Å². The highest BCUT2D eigenvalue weighted by Gasteiger charge is 2.08. The maximum absolute atomic E-state index is 5.22. The van der Waals surface area contributed by atoms with Crippen molar-refractivity contribution in [3.05, 3.63) is 78.5 Å². The molecule has 0 radical (unpaired) electrons. The number of anilines is 1. The van der Waals surface area contributed by atoms with E-state index in [1.165, 1.54) is 5.56 Å². The van der Waals surface area contributed by atoms with Crippen molar-refractivity contribution in [1.82, 2.24) is 14.6 Å². The van der Waals surface area contributed by atoms with Gasteiger partial charge in [-0.15, -0.1) is 5.10 Å². The van der Waals surface area contributed by atoms with Gasteiger partial charge < -0.3 is 10.1 Å². The van der Waals surface area contributed by atoms with Gasteiger partial charge in [0.15, 0.2) is 5.65 Å². The Kier molecular flexibility index (Phi) is 4.04. The van der Waals surface area contributed by atoms with Gasteiger partial charge in [0.25, 0.3) is 0 Å². The highest BCUT2D eigenvalue weighted by molar-refractivity contribution is 5.64. The molecule has 25 heavy (non-hydrogen) atoms. The molecule has 0 atom stereocenters. The normalized spacial score (nSPS) is 10.8. The Balaban J connectivity index is 1.62. The summed E-state index contributed by atoms with van der Waals surface area (Å²) in [6, 6.07) is 22.1. The number of hydrogen-bond acceptors (Lipinski definition) is 4. The number of ether oxygens (including phenoxy) is 1. The fourth-order valence-electron chi connectivity index (χ4n) is 2.71. The standard InChI is InChI=1S/C20H18N4O/c1-25-17-9-7-16(8-10-17)18-14-22-20-12-11-19(23-24(18)20)21-13-15-5-3-2-4-6-15/h2-12,14H,13H2,1H3,(H,21,23). The molecule has 4 aromatic rings. The third kappa shape index (κ3) is 3.17. The average molecular weight is 330 g/mol. The van der Waals surface area contributed by atoms with E-state index in [9.17, 15) is 0 Å². The molecular weight excluding hydrogens is 312 g/mol. The van der Waals surface area contributed by atoms with E-state index in [1.54, 1.807) is 7.11 Å². The molecular formula is C20H18N4O. The second-order valence-electron chi connectivity index (χ2n) is 5.70. The number of nitrogens with one attached hydrogen (secondary N) is 1. The Labute approximate surface area is 145 Å². The van der Waals surface area contributed by atoms with Crippen LogP contribution in [0, 0.1) is 0 Å². The number of benzene rings is 2. The van der Waals surface area contributed by atoms with E-state index >= 15 is 0 Å². The van der Waals surface area contributed by atoms with E-state index in [-0.39, 0.29) is 0 Å². The summed E-state index contributed by atoms with van der Waals surface area (Å²) in [7, 11) is 1.66. The Hall–Kier alpha value is -3.34. The van der Waals surface area contributed by atoms with Gasteiger partial charge in [0.2, 0.25) is 0 Å². The smallest absolute Gasteiger partial charge is 0.154 e. The van der Waals surface area contributed by atoms with Crippen molar-refractivity contribution >= 4 is 11.5 Å². The predicted octanol–water partition coefficient (Wildman–Crippen LogP) is 4.02. The van der Waals surface area contributed by atoms with Crippen LogP contribution in [0.1, 0.15) is 5.56 Å². The zero-order chi connectivity index (χ0) is 17.1. The fourth-order valence-corrected chi connectivity index (χ4v) is 2.71. The molecule has 5 heteroatoms. The lowest BCUT2D eigenvalue weighted by molar-refractivity contribution is 0.415. The minimum absolute atomic E-state index is 0.728. The summed E-state index contributed by atoms with van der Waals surface area (Å²) >= 11 is 0. The lowest BCUT2D eigenvalue weighted by atomic mass is 10.1. The van der Waals surface area contributed by atoms with E-state index in [0.29, 0.717) is 0 Å². The zero-order valence-corrected chi connectivity index (χ0v) is 13.9. The van der Waals surface area contributed by atoms with Crippen molar-refractivity contribution in [1.29, 1.82) is 0 Å². The predicted molar refractivity (Wildman–Crippen MR) is 98.7 cm³/mol. The first-order valence-electron chi connectivity index (χ1n) is 8.10. The summed E-state index contributed by atoms with van der Waals surface area (Å²) in [6.45, 7) is 0.728. The molecule has 0 fully saturated rings. The summed E-state index contributed by atoms with van der Waals surface area (Å²) in [5.41, 5.74) is 4.02. The first-order chi connectivity index (χ1) is 12.3. The van der Waals surface area contributed by atoms with Crippen LogP contribution in [0.4, 0.5) is 5.82 Å². The molecule has 124 valence electrons. The Morgan fingerprint density at radius 2 is 1.76 bits per heavy atom. The second kappa shape index (κ2) is 6.65. The van der Waals surface area contributed by atoms with Gasteiger partial charge in [-0.3, -0.25) is 0 Å². The van der Waals surface area contributed by atoms with Crippen molar-refractivity contribution < 1.29 is 4.74 Å². The number of hydrogen-bond donors (Lipinski definition) is 1. The quantitative estimate of drug-likeness (QED) is 0.600. The molecule has 0 saturated carbocycles. The van der Waals surface area contributed by atoms with Gasteiger partial charge in [-0.2, -0.15) is 0 Å². The van der Waals surface area contributed by atoms with Gasteiger partial charge in [0.05, 0.1) is 19.0 Å². The Bertz CT molecular complexity index is 978. The van der Waals surface area contributed by atoms with Crippen molar-refractivity contribution in [3.8, 4) is 17.0 Å². The molecule has 4 rings (SSSR count). The molecule has 5 nitrogen and oxygen atoms in total. The lowest BCUT2D eigenvalue weighted by Gasteiger charge is -2.07. The number of imidazole rings is 1. The summed E-state index contributed by atoms with van der Waals surface area (Å²) < 4.78 is 7.08. The third-order valence-electron chi connectivity index (χ3n) is 4.06. The van der Waals surface area contributed by atoms with Crippen LogP contribution in [0.3, 0.4) is 0 Å². The third-order valence-corrected chi connectivity index (χ3v) is 4.06. The monoisotopic (exact) mass is 330 g/mol. The van der Waals surface area contributed by atoms with Crippen molar-refractivity contribution in [2.45, 2.75) is 6.54 Å². The van der Waals surface area contributed by atoms with Crippen molar-refractivity contribution in [2.75, 3.05) is 12.4 Å². The van der Waals surface area contributed by atoms with Crippen molar-refractivity contribution in [2.24, 2.45) is 0 Å². The first-order valence-corrected chi connectivity index (χ1v) is 8.10. The number of nitrogens with zero attached hydrogens (tertiary/aromatic N) is 3. The maximum Gasteiger partial charge on any atom is 0.154 e. The second-order valence-corrected chi connectivity index (χ2v) is 5.70. The van der Waals surface area contributed by atoms with Crippen molar-refractivity contribution in [3.63, 3.8) is 0 Å². The van der Waals surface area contributed by atoms with E-state index in [4.69, 9.17) is 4.74 Å². The van der Waals surface area contributed by atoms with Crippen LogP contribution in [0.2, 0.25) is 0 Å². The van der Waals surface area contributed by atoms with Crippen LogP contribution >= 0.6 is 0 Å². The van der Waals surface area contributed by atoms with Gasteiger partial charge in [-0.05, 0) is 42.0 Å². The molecule has 0 unspecified atom stereocenters. The van der Waals surface area contributed by atoms with E-state index < -0.39 is 0 Å². The van der Waals surface area contributed by atoms with E-state index in [1.807, 2.05) is 65.3 Å². The molecule has 2 heterocycles. The molecule has 0 aliphatic heterocycles. The molecule has 0 amide bonds. The summed E-state index contributed by atoms with van der Waals surface area (Å²) in [6.07, 6.45) is 1.84. The molecule has 0 bridgehead atoms. The van der Waals surface area contributed by atoms with Gasteiger partial charge >= 0.3 is 0 Å². The molecule has 2 aromatic carbocycles. The van der Waals surface area contributed by atoms with E-state index in [2.05, 4.69) is 27.5 Å². The number of aromatic nitrogens is 3. The molecule has 0 spiro atoms. The lowest BCUT2D eigenvalue weighted by Crippen LogP contribution is -2.04. The maximum atomic E-state index is 5.22. The van der Waals surface area contributed by atoms with E-state index in [0.717, 1.165) is 35.0 Å². The van der Waals surface area contributed by atoms with Gasteiger partial charge in [0, 0.05) is 12.1 Å². The largest absolute Gasteiger partial charge is 0.497 e. The van der Waals surface area contributed by atoms with Crippen LogP contribution in [0.15, 0.2) is 72.9 Å². The fraction of sp³-hybridized carbons (Fsp3) is 0.100. The topological polar surface area (TPSA) is 51.5 Å². The van der Waals surface area contributed by atoms with Crippen LogP contribution < -0.4 is 10.1 Å². The summed E-state index contributed by atoms with van der Waals surface area (Å²) in [5.74, 6) is 1.64. The minimum atomic E-state index is 0.728. The SMILES string of the molecule is COc1ccc(-c2cnc3ccc(NCc4ccccc4)nn23)cc1. The molecule has 0 saturated heterocycles. The van der Waals surface area contributed by atoms with Gasteiger partial charge in [-0.25, -0.2) is 9.50 Å². The summed E-state index contributed by atoms with van der Waals surface area (Å²) in [5, 5.41) is 8.04. The molecule has 2 aromatic heterocycles. The minimum Gasteiger partial charge on any atom is -0.497 e. The highest BCUT2D eigenvalue weighted by atomic mass is 16.5. The molecule has 0 aliphatic carbocycles. The number of methoxy groups -OCH3 is 1. The average Bonchev–Trinajstić information content (AvgIpc) is 3.10. The van der Waals surface area contributed by atoms with Gasteiger partial charge in [0.1, 0.15) is 11.6 Å².